The molecule has 0 saturated heterocycles. The van der Waals surface area contributed by atoms with Crippen LogP contribution in [0.1, 0.15) is 36.8 Å². The highest BCUT2D eigenvalue weighted by molar-refractivity contribution is 6.37. The smallest absolute Gasteiger partial charge is 0.289 e. The van der Waals surface area contributed by atoms with E-state index in [1.165, 1.54) is 0 Å². The van der Waals surface area contributed by atoms with Crippen LogP contribution in [-0.2, 0) is 36.8 Å². The van der Waals surface area contributed by atoms with E-state index in [4.69, 9.17) is 0 Å². The molecule has 1 unspecified atom stereocenters. The fourth-order valence-electron chi connectivity index (χ4n) is 4.61. The quantitative estimate of drug-likeness (QED) is 0.414. The minimum atomic E-state index is -0.960. The molecule has 0 aromatic heterocycles. The third kappa shape index (κ3) is 8.49. The summed E-state index contributed by atoms with van der Waals surface area (Å²) in [6.45, 7) is -0.527. The summed E-state index contributed by atoms with van der Waals surface area (Å²) in [7, 11) is 0. The first-order valence-corrected chi connectivity index (χ1v) is 13.6. The van der Waals surface area contributed by atoms with Gasteiger partial charge in [-0.15, -0.1) is 0 Å². The van der Waals surface area contributed by atoms with Crippen LogP contribution in [0.15, 0.2) is 72.3 Å². The molecule has 0 fully saturated rings. The van der Waals surface area contributed by atoms with Gasteiger partial charge in [0.2, 0.25) is 23.5 Å². The molecule has 1 aliphatic carbocycles. The van der Waals surface area contributed by atoms with Gasteiger partial charge < -0.3 is 21.3 Å². The van der Waals surface area contributed by atoms with Gasteiger partial charge in [-0.25, -0.2) is 0 Å². The molecule has 208 valence electrons. The summed E-state index contributed by atoms with van der Waals surface area (Å²) in [5.74, 6) is -2.94. The first-order chi connectivity index (χ1) is 19.4. The van der Waals surface area contributed by atoms with Crippen molar-refractivity contribution in [3.63, 3.8) is 0 Å². The van der Waals surface area contributed by atoms with Crippen LogP contribution in [-0.4, -0.2) is 55.1 Å². The third-order valence-corrected chi connectivity index (χ3v) is 6.85. The molecule has 4 N–H and O–H groups in total. The van der Waals surface area contributed by atoms with Gasteiger partial charge in [0.15, 0.2) is 0 Å². The lowest BCUT2D eigenvalue weighted by atomic mass is 9.97. The van der Waals surface area contributed by atoms with E-state index in [1.807, 2.05) is 60.7 Å². The average molecular weight is 543 g/mol. The molecule has 2 aliphatic rings. The van der Waals surface area contributed by atoms with Gasteiger partial charge in [-0.05, 0) is 59.9 Å². The second-order valence-electron chi connectivity index (χ2n) is 9.92. The van der Waals surface area contributed by atoms with Crippen molar-refractivity contribution in [1.29, 1.82) is 0 Å². The summed E-state index contributed by atoms with van der Waals surface area (Å²) in [6.07, 6.45) is 9.25. The van der Waals surface area contributed by atoms with E-state index in [9.17, 15) is 24.0 Å². The van der Waals surface area contributed by atoms with Crippen molar-refractivity contribution in [3.8, 4) is 11.1 Å². The molecule has 9 nitrogen and oxygen atoms in total. The van der Waals surface area contributed by atoms with Crippen LogP contribution in [0.3, 0.4) is 0 Å². The molecule has 1 atom stereocenters. The van der Waals surface area contributed by atoms with Crippen LogP contribution < -0.4 is 21.3 Å². The van der Waals surface area contributed by atoms with Gasteiger partial charge >= 0.3 is 0 Å². The number of nitrogens with one attached hydrogen (secondary N) is 4. The number of hydrogen-bond acceptors (Lipinski definition) is 5. The second-order valence-corrected chi connectivity index (χ2v) is 9.92. The van der Waals surface area contributed by atoms with Gasteiger partial charge in [-0.3, -0.25) is 24.0 Å². The van der Waals surface area contributed by atoms with E-state index in [2.05, 4.69) is 27.3 Å². The number of hydrogen-bond donors (Lipinski definition) is 4. The highest BCUT2D eigenvalue weighted by Crippen LogP contribution is 2.23. The Morgan fingerprint density at radius 2 is 1.57 bits per heavy atom. The van der Waals surface area contributed by atoms with E-state index in [-0.39, 0.29) is 31.8 Å². The Labute approximate surface area is 233 Å². The standard InChI is InChI=1S/C31H34N4O5/c36-27(31(40)33-18-23-6-2-1-3-7-23)19-34-30(39)26-14-12-21-8-4-10-24(16-21)25-11-5-9-22(17-25)13-15-28(37)32-20-29(38)35-26/h2,4-11,16-17,26H,1,3,12-15,18-20H2,(H,32,37)(H,33,40)(H,34,39)(H,35,38). The number of carbonyl (C=O) groups is 5. The van der Waals surface area contributed by atoms with Crippen molar-refractivity contribution in [2.24, 2.45) is 0 Å². The molecule has 2 aromatic carbocycles. The predicted molar refractivity (Wildman–Crippen MR) is 151 cm³/mol. The first-order valence-electron chi connectivity index (χ1n) is 13.6. The number of ketones is 1. The maximum absolute atomic E-state index is 13.0. The fourth-order valence-corrected chi connectivity index (χ4v) is 4.61. The van der Waals surface area contributed by atoms with Crippen molar-refractivity contribution < 1.29 is 24.0 Å². The van der Waals surface area contributed by atoms with Crippen molar-refractivity contribution in [1.82, 2.24) is 21.3 Å². The lowest BCUT2D eigenvalue weighted by Gasteiger charge is -2.19. The van der Waals surface area contributed by atoms with E-state index in [0.29, 0.717) is 12.8 Å². The van der Waals surface area contributed by atoms with Crippen LogP contribution in [0.5, 0.6) is 0 Å². The summed E-state index contributed by atoms with van der Waals surface area (Å²) in [5.41, 5.74) is 4.97. The van der Waals surface area contributed by atoms with Gasteiger partial charge in [-0.1, -0.05) is 66.8 Å². The second kappa shape index (κ2) is 14.0. The number of amides is 4. The number of fused-ring (bicyclic) bond motifs is 5. The third-order valence-electron chi connectivity index (χ3n) is 6.85. The Kier molecular flexibility index (Phi) is 9.99. The lowest BCUT2D eigenvalue weighted by Crippen LogP contribution is -2.51. The van der Waals surface area contributed by atoms with Crippen LogP contribution >= 0.6 is 0 Å². The van der Waals surface area contributed by atoms with Crippen molar-refractivity contribution in [2.75, 3.05) is 19.6 Å². The predicted octanol–water partition coefficient (Wildman–Crippen LogP) is 1.91. The molecule has 1 aliphatic heterocycles. The Bertz CT molecular complexity index is 1350. The maximum atomic E-state index is 13.0. The number of allylic oxidation sites excluding steroid dienone is 2. The van der Waals surface area contributed by atoms with Gasteiger partial charge in [-0.2, -0.15) is 0 Å². The molecule has 4 amide bonds. The van der Waals surface area contributed by atoms with Gasteiger partial charge in [0.05, 0.1) is 13.1 Å². The van der Waals surface area contributed by atoms with Crippen LogP contribution in [0.2, 0.25) is 0 Å². The summed E-state index contributed by atoms with van der Waals surface area (Å²) in [6, 6.07) is 15.0. The van der Waals surface area contributed by atoms with Crippen molar-refractivity contribution in [2.45, 2.75) is 44.6 Å². The zero-order valence-electron chi connectivity index (χ0n) is 22.3. The Balaban J connectivity index is 1.41. The molecule has 2 aromatic rings. The Morgan fingerprint density at radius 1 is 0.850 bits per heavy atom. The van der Waals surface area contributed by atoms with Crippen LogP contribution in [0, 0.1) is 0 Å². The van der Waals surface area contributed by atoms with Gasteiger partial charge in [0.1, 0.15) is 6.04 Å². The monoisotopic (exact) mass is 542 g/mol. The summed E-state index contributed by atoms with van der Waals surface area (Å²) in [5, 5.41) is 10.3. The fraction of sp³-hybridized carbons (Fsp3) is 0.323. The molecular weight excluding hydrogens is 508 g/mol. The minimum Gasteiger partial charge on any atom is -0.347 e. The van der Waals surface area contributed by atoms with E-state index >= 15 is 0 Å². The largest absolute Gasteiger partial charge is 0.347 e. The average Bonchev–Trinajstić information content (AvgIpc) is 2.98. The zero-order chi connectivity index (χ0) is 28.3. The van der Waals surface area contributed by atoms with E-state index < -0.39 is 36.1 Å². The van der Waals surface area contributed by atoms with E-state index in [1.54, 1.807) is 0 Å². The number of aryl methyl sites for hydroxylation is 2. The number of Topliss-reactive ketones (excluding diaryl/α,β-unsaturated/α-hetero) is 1. The molecular formula is C31H34N4O5. The highest BCUT2D eigenvalue weighted by atomic mass is 16.2. The summed E-state index contributed by atoms with van der Waals surface area (Å²) < 4.78 is 0. The first kappa shape index (κ1) is 28.5. The minimum absolute atomic E-state index is 0.221. The van der Waals surface area contributed by atoms with Crippen LogP contribution in [0.25, 0.3) is 11.1 Å². The van der Waals surface area contributed by atoms with Crippen LogP contribution in [0.4, 0.5) is 0 Å². The molecule has 40 heavy (non-hydrogen) atoms. The van der Waals surface area contributed by atoms with Gasteiger partial charge in [0, 0.05) is 13.0 Å². The Morgan fingerprint density at radius 3 is 2.27 bits per heavy atom. The molecule has 4 rings (SSSR count). The van der Waals surface area contributed by atoms with Crippen molar-refractivity contribution >= 4 is 29.4 Å². The molecule has 0 spiro atoms. The summed E-state index contributed by atoms with van der Waals surface area (Å²) in [4.78, 5) is 62.5. The number of rotatable bonds is 6. The number of benzene rings is 2. The Hall–Kier alpha value is -4.53. The lowest BCUT2D eigenvalue weighted by molar-refractivity contribution is -0.138. The number of carbonyl (C=O) groups excluding carboxylic acids is 5. The van der Waals surface area contributed by atoms with Gasteiger partial charge in [0.25, 0.3) is 5.91 Å². The van der Waals surface area contributed by atoms with Crippen molar-refractivity contribution in [3.05, 3.63) is 83.5 Å². The molecule has 0 saturated carbocycles. The highest BCUT2D eigenvalue weighted by Gasteiger charge is 2.23. The molecule has 0 radical (unpaired) electrons. The SMILES string of the molecule is O=C1CCc2cccc(c2)-c2cccc(c2)CCC(C(=O)NCC(=O)C(=O)NCC2=CCCC=C2)NC(=O)CN1. The molecule has 9 heteroatoms. The normalized spacial score (nSPS) is 17.6. The molecule has 4 bridgehead atoms. The summed E-state index contributed by atoms with van der Waals surface area (Å²) >= 11 is 0. The topological polar surface area (TPSA) is 133 Å². The molecule has 1 heterocycles. The maximum Gasteiger partial charge on any atom is 0.289 e. The van der Waals surface area contributed by atoms with E-state index in [0.717, 1.165) is 40.7 Å². The zero-order valence-corrected chi connectivity index (χ0v) is 22.3.